The molecule has 0 unspecified atom stereocenters. The van der Waals surface area contributed by atoms with Gasteiger partial charge in [0.1, 0.15) is 5.60 Å². The van der Waals surface area contributed by atoms with Crippen molar-refractivity contribution in [2.45, 2.75) is 32.8 Å². The fourth-order valence-corrected chi connectivity index (χ4v) is 2.32. The molecule has 0 aliphatic heterocycles. The van der Waals surface area contributed by atoms with Crippen LogP contribution in [0.2, 0.25) is 5.02 Å². The largest absolute Gasteiger partial charge is 0.443 e. The normalized spacial score (nSPS) is 11.2. The summed E-state index contributed by atoms with van der Waals surface area (Å²) in [5.74, 6) is 0. The minimum atomic E-state index is -0.798. The Balaban J connectivity index is 3.09. The number of anilines is 2. The van der Waals surface area contributed by atoms with E-state index < -0.39 is 11.7 Å². The highest BCUT2D eigenvalue weighted by atomic mass is 35.5. The van der Waals surface area contributed by atoms with Crippen LogP contribution in [0.25, 0.3) is 0 Å². The third kappa shape index (κ3) is 4.20. The zero-order valence-electron chi connectivity index (χ0n) is 12.4. The van der Waals surface area contributed by atoms with Crippen LogP contribution in [0.4, 0.5) is 16.2 Å². The van der Waals surface area contributed by atoms with Gasteiger partial charge in [0.25, 0.3) is 0 Å². The molecule has 1 rings (SSSR count). The number of rotatable bonds is 5. The van der Waals surface area contributed by atoms with Gasteiger partial charge in [0.2, 0.25) is 0 Å². The Hall–Kier alpha value is -1.62. The number of primary amides is 1. The highest BCUT2D eigenvalue weighted by molar-refractivity contribution is 6.33. The van der Waals surface area contributed by atoms with Crippen LogP contribution < -0.4 is 16.4 Å². The SMILES string of the molecule is CCN(C)c1cc(CC(C)(C)OC(N)=O)c(N)cc1Cl. The minimum Gasteiger partial charge on any atom is -0.443 e. The molecule has 0 radical (unpaired) electrons. The lowest BCUT2D eigenvalue weighted by atomic mass is 9.96. The topological polar surface area (TPSA) is 81.6 Å². The first-order chi connectivity index (χ1) is 9.16. The molecule has 6 heteroatoms. The van der Waals surface area contributed by atoms with Crippen molar-refractivity contribution in [2.24, 2.45) is 5.73 Å². The van der Waals surface area contributed by atoms with E-state index in [1.54, 1.807) is 19.9 Å². The van der Waals surface area contributed by atoms with Crippen LogP contribution in [0.15, 0.2) is 12.1 Å². The molecule has 1 aromatic carbocycles. The van der Waals surface area contributed by atoms with E-state index in [2.05, 4.69) is 0 Å². The maximum absolute atomic E-state index is 10.9. The molecule has 0 fully saturated rings. The van der Waals surface area contributed by atoms with Crippen LogP contribution in [0, 0.1) is 0 Å². The zero-order valence-corrected chi connectivity index (χ0v) is 13.1. The Labute approximate surface area is 124 Å². The first-order valence-corrected chi connectivity index (χ1v) is 6.81. The molecule has 112 valence electrons. The number of amides is 1. The van der Waals surface area contributed by atoms with Crippen LogP contribution in [0.5, 0.6) is 0 Å². The first-order valence-electron chi connectivity index (χ1n) is 6.43. The van der Waals surface area contributed by atoms with E-state index in [9.17, 15) is 4.79 Å². The molecule has 0 aromatic heterocycles. The molecule has 0 bridgehead atoms. The minimum absolute atomic E-state index is 0.462. The molecular formula is C14H22ClN3O2. The summed E-state index contributed by atoms with van der Waals surface area (Å²) in [6.07, 6.45) is -0.336. The van der Waals surface area contributed by atoms with E-state index in [0.29, 0.717) is 17.1 Å². The van der Waals surface area contributed by atoms with Gasteiger partial charge in [0.05, 0.1) is 10.7 Å². The molecule has 0 heterocycles. The third-order valence-corrected chi connectivity index (χ3v) is 3.39. The van der Waals surface area contributed by atoms with E-state index in [0.717, 1.165) is 17.8 Å². The molecule has 0 saturated heterocycles. The van der Waals surface area contributed by atoms with Gasteiger partial charge in [-0.15, -0.1) is 0 Å². The zero-order chi connectivity index (χ0) is 15.5. The van der Waals surface area contributed by atoms with E-state index in [4.69, 9.17) is 27.8 Å². The molecule has 1 aromatic rings. The average Bonchev–Trinajstić information content (AvgIpc) is 2.29. The summed E-state index contributed by atoms with van der Waals surface area (Å²) in [7, 11) is 1.95. The van der Waals surface area contributed by atoms with Crippen LogP contribution >= 0.6 is 11.6 Å². The smallest absolute Gasteiger partial charge is 0.405 e. The van der Waals surface area contributed by atoms with Crippen molar-refractivity contribution < 1.29 is 9.53 Å². The van der Waals surface area contributed by atoms with Gasteiger partial charge < -0.3 is 21.1 Å². The molecule has 0 atom stereocenters. The second kappa shape index (κ2) is 6.22. The molecule has 0 aliphatic rings. The number of carbonyl (C=O) groups excluding carboxylic acids is 1. The van der Waals surface area contributed by atoms with Gasteiger partial charge in [0.15, 0.2) is 0 Å². The maximum atomic E-state index is 10.9. The van der Waals surface area contributed by atoms with Gasteiger partial charge in [0, 0.05) is 25.7 Å². The summed E-state index contributed by atoms with van der Waals surface area (Å²) >= 11 is 6.20. The van der Waals surface area contributed by atoms with E-state index >= 15 is 0 Å². The van der Waals surface area contributed by atoms with Gasteiger partial charge in [-0.1, -0.05) is 11.6 Å². The average molecular weight is 300 g/mol. The summed E-state index contributed by atoms with van der Waals surface area (Å²) in [6.45, 7) is 6.43. The predicted molar refractivity (Wildman–Crippen MR) is 83.3 cm³/mol. The Bertz CT molecular complexity index is 503. The highest BCUT2D eigenvalue weighted by Gasteiger charge is 2.24. The van der Waals surface area contributed by atoms with Gasteiger partial charge in [-0.3, -0.25) is 0 Å². The van der Waals surface area contributed by atoms with Crippen molar-refractivity contribution in [1.29, 1.82) is 0 Å². The number of nitrogen functional groups attached to an aromatic ring is 1. The fraction of sp³-hybridized carbons (Fsp3) is 0.500. The number of hydrogen-bond acceptors (Lipinski definition) is 4. The van der Waals surface area contributed by atoms with E-state index in [1.165, 1.54) is 0 Å². The number of nitrogens with zero attached hydrogens (tertiary/aromatic N) is 1. The Kier molecular flexibility index (Phi) is 5.11. The number of benzene rings is 1. The van der Waals surface area contributed by atoms with Crippen molar-refractivity contribution in [1.82, 2.24) is 0 Å². The summed E-state index contributed by atoms with van der Waals surface area (Å²) in [5.41, 5.74) is 12.7. The summed E-state index contributed by atoms with van der Waals surface area (Å²) in [4.78, 5) is 12.9. The summed E-state index contributed by atoms with van der Waals surface area (Å²) in [5, 5.41) is 0.601. The highest BCUT2D eigenvalue weighted by Crippen LogP contribution is 2.32. The predicted octanol–water partition coefficient (Wildman–Crippen LogP) is 2.79. The number of carbonyl (C=O) groups is 1. The van der Waals surface area contributed by atoms with Crippen LogP contribution in [-0.4, -0.2) is 25.3 Å². The van der Waals surface area contributed by atoms with Crippen molar-refractivity contribution in [3.63, 3.8) is 0 Å². The third-order valence-electron chi connectivity index (χ3n) is 3.09. The lowest BCUT2D eigenvalue weighted by molar-refractivity contribution is 0.0461. The second-order valence-corrected chi connectivity index (χ2v) is 5.78. The Morgan fingerprint density at radius 1 is 1.45 bits per heavy atom. The monoisotopic (exact) mass is 299 g/mol. The number of nitrogens with two attached hydrogens (primary N) is 2. The van der Waals surface area contributed by atoms with Crippen molar-refractivity contribution in [3.05, 3.63) is 22.7 Å². The van der Waals surface area contributed by atoms with Crippen LogP contribution in [0.3, 0.4) is 0 Å². The number of ether oxygens (including phenoxy) is 1. The molecule has 1 amide bonds. The molecule has 0 aliphatic carbocycles. The fourth-order valence-electron chi connectivity index (χ4n) is 2.00. The maximum Gasteiger partial charge on any atom is 0.405 e. The molecule has 0 spiro atoms. The summed E-state index contributed by atoms with van der Waals surface area (Å²) in [6, 6.07) is 3.64. The Morgan fingerprint density at radius 2 is 2.05 bits per heavy atom. The first kappa shape index (κ1) is 16.4. The van der Waals surface area contributed by atoms with Crippen molar-refractivity contribution >= 4 is 29.1 Å². The lowest BCUT2D eigenvalue weighted by Crippen LogP contribution is -2.33. The molecule has 5 nitrogen and oxygen atoms in total. The molecule has 20 heavy (non-hydrogen) atoms. The molecule has 0 saturated carbocycles. The summed E-state index contributed by atoms with van der Waals surface area (Å²) < 4.78 is 5.09. The van der Waals surface area contributed by atoms with E-state index in [1.807, 2.05) is 24.9 Å². The number of hydrogen-bond donors (Lipinski definition) is 2. The molecular weight excluding hydrogens is 278 g/mol. The van der Waals surface area contributed by atoms with Gasteiger partial charge in [-0.05, 0) is 38.5 Å². The second-order valence-electron chi connectivity index (χ2n) is 5.37. The quantitative estimate of drug-likeness (QED) is 0.819. The Morgan fingerprint density at radius 3 is 2.55 bits per heavy atom. The van der Waals surface area contributed by atoms with Crippen LogP contribution in [0.1, 0.15) is 26.3 Å². The standard InChI is InChI=1S/C14H22ClN3O2/c1-5-18(4)12-6-9(11(16)7-10(12)15)8-14(2,3)20-13(17)19/h6-7H,5,8,16H2,1-4H3,(H2,17,19). The van der Waals surface area contributed by atoms with Gasteiger partial charge in [-0.2, -0.15) is 0 Å². The van der Waals surface area contributed by atoms with E-state index in [-0.39, 0.29) is 0 Å². The van der Waals surface area contributed by atoms with Gasteiger partial charge in [-0.25, -0.2) is 4.79 Å². The van der Waals surface area contributed by atoms with Crippen molar-refractivity contribution in [2.75, 3.05) is 24.2 Å². The molecule has 4 N–H and O–H groups in total. The van der Waals surface area contributed by atoms with Gasteiger partial charge >= 0.3 is 6.09 Å². The number of halogens is 1. The lowest BCUT2D eigenvalue weighted by Gasteiger charge is -2.26. The van der Waals surface area contributed by atoms with Crippen molar-refractivity contribution in [3.8, 4) is 0 Å². The van der Waals surface area contributed by atoms with Crippen LogP contribution in [-0.2, 0) is 11.2 Å².